The molecule has 2 N–H and O–H groups in total. The van der Waals surface area contributed by atoms with Gasteiger partial charge in [0.1, 0.15) is 5.69 Å². The van der Waals surface area contributed by atoms with Gasteiger partial charge in [0.15, 0.2) is 0 Å². The molecule has 0 saturated heterocycles. The summed E-state index contributed by atoms with van der Waals surface area (Å²) in [5.41, 5.74) is 0.939. The number of aromatic nitrogens is 1. The van der Waals surface area contributed by atoms with Crippen LogP contribution in [-0.2, 0) is 16.1 Å². The van der Waals surface area contributed by atoms with Gasteiger partial charge in [-0.1, -0.05) is 6.07 Å². The van der Waals surface area contributed by atoms with Crippen molar-refractivity contribution in [2.75, 3.05) is 13.7 Å². The van der Waals surface area contributed by atoms with Crippen LogP contribution in [0.25, 0.3) is 0 Å². The van der Waals surface area contributed by atoms with E-state index in [0.29, 0.717) is 12.3 Å². The standard InChI is InChI=1S/C13H19N3O3/c1-9(2)15-12(17)7-14-13(18)11-6-4-5-10(16-11)8-19-3/h4-6,9H,7-8H2,1-3H3,(H,14,18)(H,15,17). The number of nitrogens with zero attached hydrogens (tertiary/aromatic N) is 1. The monoisotopic (exact) mass is 265 g/mol. The molecule has 1 heterocycles. The molecule has 0 aliphatic heterocycles. The minimum absolute atomic E-state index is 0.0487. The molecule has 0 atom stereocenters. The lowest BCUT2D eigenvalue weighted by atomic mass is 10.3. The summed E-state index contributed by atoms with van der Waals surface area (Å²) in [6, 6.07) is 5.14. The maximum atomic E-state index is 11.8. The van der Waals surface area contributed by atoms with Crippen molar-refractivity contribution in [1.29, 1.82) is 0 Å². The molecule has 0 saturated carbocycles. The maximum absolute atomic E-state index is 11.8. The van der Waals surface area contributed by atoms with E-state index in [1.165, 1.54) is 0 Å². The summed E-state index contributed by atoms with van der Waals surface area (Å²) in [7, 11) is 1.56. The quantitative estimate of drug-likeness (QED) is 0.784. The summed E-state index contributed by atoms with van der Waals surface area (Å²) in [5.74, 6) is -0.603. The molecule has 2 amide bonds. The number of amides is 2. The van der Waals surface area contributed by atoms with Gasteiger partial charge in [0, 0.05) is 13.2 Å². The number of carbonyl (C=O) groups excluding carboxylic acids is 2. The zero-order valence-electron chi connectivity index (χ0n) is 11.4. The van der Waals surface area contributed by atoms with Crippen LogP contribution in [0.1, 0.15) is 30.0 Å². The Morgan fingerprint density at radius 1 is 1.37 bits per heavy atom. The van der Waals surface area contributed by atoms with Crippen LogP contribution in [0.2, 0.25) is 0 Å². The van der Waals surface area contributed by atoms with Crippen LogP contribution in [0.5, 0.6) is 0 Å². The Balaban J connectivity index is 2.53. The molecule has 0 aliphatic rings. The fraction of sp³-hybridized carbons (Fsp3) is 0.462. The molecule has 0 bridgehead atoms. The lowest BCUT2D eigenvalue weighted by molar-refractivity contribution is -0.120. The third-order valence-electron chi connectivity index (χ3n) is 2.19. The van der Waals surface area contributed by atoms with E-state index < -0.39 is 0 Å². The van der Waals surface area contributed by atoms with E-state index in [1.54, 1.807) is 25.3 Å². The highest BCUT2D eigenvalue weighted by atomic mass is 16.5. The van der Waals surface area contributed by atoms with Crippen molar-refractivity contribution in [1.82, 2.24) is 15.6 Å². The Labute approximate surface area is 112 Å². The molecule has 1 aromatic rings. The van der Waals surface area contributed by atoms with Gasteiger partial charge in [-0.2, -0.15) is 0 Å². The lowest BCUT2D eigenvalue weighted by Gasteiger charge is -2.09. The molecule has 6 heteroatoms. The van der Waals surface area contributed by atoms with E-state index in [9.17, 15) is 9.59 Å². The summed E-state index contributed by atoms with van der Waals surface area (Å²) in [6.45, 7) is 3.99. The maximum Gasteiger partial charge on any atom is 0.270 e. The number of carbonyl (C=O) groups is 2. The van der Waals surface area contributed by atoms with Gasteiger partial charge in [0.2, 0.25) is 5.91 Å². The molecule has 104 valence electrons. The Bertz CT molecular complexity index is 447. The van der Waals surface area contributed by atoms with Crippen LogP contribution in [0.15, 0.2) is 18.2 Å². The molecule has 1 rings (SSSR count). The van der Waals surface area contributed by atoms with Gasteiger partial charge in [0.25, 0.3) is 5.91 Å². The fourth-order valence-corrected chi connectivity index (χ4v) is 1.46. The predicted molar refractivity (Wildman–Crippen MR) is 70.6 cm³/mol. The van der Waals surface area contributed by atoms with Gasteiger partial charge in [0.05, 0.1) is 18.8 Å². The van der Waals surface area contributed by atoms with Crippen molar-refractivity contribution >= 4 is 11.8 Å². The molecule has 0 fully saturated rings. The van der Waals surface area contributed by atoms with E-state index in [4.69, 9.17) is 4.74 Å². The van der Waals surface area contributed by atoms with Crippen LogP contribution >= 0.6 is 0 Å². The van der Waals surface area contributed by atoms with E-state index in [2.05, 4.69) is 15.6 Å². The molecular weight excluding hydrogens is 246 g/mol. The molecule has 19 heavy (non-hydrogen) atoms. The Hall–Kier alpha value is -1.95. The molecule has 1 aromatic heterocycles. The van der Waals surface area contributed by atoms with Crippen LogP contribution in [0.3, 0.4) is 0 Å². The van der Waals surface area contributed by atoms with Crippen molar-refractivity contribution in [2.24, 2.45) is 0 Å². The number of ether oxygens (including phenoxy) is 1. The fourth-order valence-electron chi connectivity index (χ4n) is 1.46. The molecule has 0 unspecified atom stereocenters. The van der Waals surface area contributed by atoms with Gasteiger partial charge in [-0.05, 0) is 26.0 Å². The minimum atomic E-state index is -0.378. The van der Waals surface area contributed by atoms with Crippen LogP contribution in [0.4, 0.5) is 0 Å². The largest absolute Gasteiger partial charge is 0.378 e. The first-order chi connectivity index (χ1) is 9.02. The first-order valence-electron chi connectivity index (χ1n) is 6.05. The third kappa shape index (κ3) is 5.48. The average molecular weight is 265 g/mol. The molecule has 6 nitrogen and oxygen atoms in total. The molecule has 0 radical (unpaired) electrons. The van der Waals surface area contributed by atoms with Gasteiger partial charge in [-0.3, -0.25) is 9.59 Å². The number of hydrogen-bond acceptors (Lipinski definition) is 4. The number of methoxy groups -OCH3 is 1. The summed E-state index contributed by atoms with van der Waals surface area (Å²) in [6.07, 6.45) is 0. The van der Waals surface area contributed by atoms with E-state index in [0.717, 1.165) is 0 Å². The SMILES string of the molecule is COCc1cccc(C(=O)NCC(=O)NC(C)C)n1. The van der Waals surface area contributed by atoms with E-state index in [-0.39, 0.29) is 30.1 Å². The Morgan fingerprint density at radius 2 is 2.11 bits per heavy atom. The highest BCUT2D eigenvalue weighted by Crippen LogP contribution is 2.00. The Kier molecular flexibility index (Phi) is 5.95. The van der Waals surface area contributed by atoms with Crippen molar-refractivity contribution in [3.8, 4) is 0 Å². The zero-order chi connectivity index (χ0) is 14.3. The minimum Gasteiger partial charge on any atom is -0.378 e. The van der Waals surface area contributed by atoms with Gasteiger partial charge in [-0.15, -0.1) is 0 Å². The smallest absolute Gasteiger partial charge is 0.270 e. The van der Waals surface area contributed by atoms with Crippen molar-refractivity contribution in [3.05, 3.63) is 29.6 Å². The van der Waals surface area contributed by atoms with Crippen molar-refractivity contribution in [3.63, 3.8) is 0 Å². The lowest BCUT2D eigenvalue weighted by Crippen LogP contribution is -2.40. The van der Waals surface area contributed by atoms with Crippen LogP contribution in [0, 0.1) is 0 Å². The second kappa shape index (κ2) is 7.48. The zero-order valence-corrected chi connectivity index (χ0v) is 11.4. The van der Waals surface area contributed by atoms with Gasteiger partial charge in [-0.25, -0.2) is 4.98 Å². The molecular formula is C13H19N3O3. The highest BCUT2D eigenvalue weighted by Gasteiger charge is 2.10. The third-order valence-corrected chi connectivity index (χ3v) is 2.19. The topological polar surface area (TPSA) is 80.3 Å². The van der Waals surface area contributed by atoms with E-state index >= 15 is 0 Å². The van der Waals surface area contributed by atoms with E-state index in [1.807, 2.05) is 13.8 Å². The van der Waals surface area contributed by atoms with Gasteiger partial charge < -0.3 is 15.4 Å². The second-order valence-electron chi connectivity index (χ2n) is 4.35. The first-order valence-corrected chi connectivity index (χ1v) is 6.05. The predicted octanol–water partition coefficient (Wildman–Crippen LogP) is 0.482. The summed E-state index contributed by atoms with van der Waals surface area (Å²) in [4.78, 5) is 27.3. The number of rotatable bonds is 6. The molecule has 0 aromatic carbocycles. The highest BCUT2D eigenvalue weighted by molar-refractivity contribution is 5.94. The molecule has 0 spiro atoms. The summed E-state index contributed by atoms with van der Waals surface area (Å²) in [5, 5.41) is 5.21. The van der Waals surface area contributed by atoms with Crippen LogP contribution in [-0.4, -0.2) is 36.5 Å². The number of pyridine rings is 1. The van der Waals surface area contributed by atoms with Crippen molar-refractivity contribution in [2.45, 2.75) is 26.5 Å². The van der Waals surface area contributed by atoms with Crippen molar-refractivity contribution < 1.29 is 14.3 Å². The number of nitrogens with one attached hydrogen (secondary N) is 2. The Morgan fingerprint density at radius 3 is 2.74 bits per heavy atom. The second-order valence-corrected chi connectivity index (χ2v) is 4.35. The normalized spacial score (nSPS) is 10.3. The van der Waals surface area contributed by atoms with Gasteiger partial charge >= 0.3 is 0 Å². The molecule has 0 aliphatic carbocycles. The summed E-state index contributed by atoms with van der Waals surface area (Å²) >= 11 is 0. The van der Waals surface area contributed by atoms with Crippen LogP contribution < -0.4 is 10.6 Å². The first kappa shape index (κ1) is 15.1. The number of hydrogen-bond donors (Lipinski definition) is 2. The average Bonchev–Trinajstić information content (AvgIpc) is 2.36. The summed E-state index contributed by atoms with van der Waals surface area (Å²) < 4.78 is 4.95.